The van der Waals surface area contributed by atoms with Crippen molar-refractivity contribution in [2.75, 3.05) is 5.32 Å². The number of nitrogens with one attached hydrogen (secondary N) is 1. The molecule has 19 heavy (non-hydrogen) atoms. The molecular weight excluding hydrogens is 316 g/mol. The summed E-state index contributed by atoms with van der Waals surface area (Å²) in [5, 5.41) is 2.25. The molecule has 2 rings (SSSR count). The van der Waals surface area contributed by atoms with Crippen LogP contribution in [0.1, 0.15) is 15.9 Å². The Morgan fingerprint density at radius 3 is 2.32 bits per heavy atom. The third-order valence-corrected chi connectivity index (χ3v) is 3.57. The van der Waals surface area contributed by atoms with Crippen molar-refractivity contribution in [2.24, 2.45) is 0 Å². The lowest BCUT2D eigenvalue weighted by Gasteiger charge is -2.10. The van der Waals surface area contributed by atoms with E-state index >= 15 is 0 Å². The van der Waals surface area contributed by atoms with E-state index in [0.717, 1.165) is 16.6 Å². The van der Waals surface area contributed by atoms with Gasteiger partial charge < -0.3 is 5.32 Å². The number of hydrogen-bond acceptors (Lipinski definition) is 1. The SMILES string of the molecule is Cc1c(Br)cccc1C(=O)Nc1c(F)cccc1F. The van der Waals surface area contributed by atoms with E-state index in [1.54, 1.807) is 25.1 Å². The maximum atomic E-state index is 13.4. The summed E-state index contributed by atoms with van der Waals surface area (Å²) < 4.78 is 27.6. The van der Waals surface area contributed by atoms with Gasteiger partial charge in [0.15, 0.2) is 0 Å². The maximum Gasteiger partial charge on any atom is 0.256 e. The molecule has 0 atom stereocenters. The Bertz CT molecular complexity index is 623. The molecule has 98 valence electrons. The van der Waals surface area contributed by atoms with Gasteiger partial charge in [-0.1, -0.05) is 28.1 Å². The quantitative estimate of drug-likeness (QED) is 0.876. The van der Waals surface area contributed by atoms with E-state index in [1.807, 2.05) is 0 Å². The summed E-state index contributed by atoms with van der Waals surface area (Å²) in [6.07, 6.45) is 0. The Hall–Kier alpha value is -1.75. The average molecular weight is 326 g/mol. The number of halogens is 3. The van der Waals surface area contributed by atoms with Gasteiger partial charge in [-0.15, -0.1) is 0 Å². The monoisotopic (exact) mass is 325 g/mol. The highest BCUT2D eigenvalue weighted by atomic mass is 79.9. The fourth-order valence-electron chi connectivity index (χ4n) is 1.65. The van der Waals surface area contributed by atoms with Gasteiger partial charge in [-0.2, -0.15) is 0 Å². The number of rotatable bonds is 2. The molecule has 0 aliphatic heterocycles. The van der Waals surface area contributed by atoms with Crippen LogP contribution in [0.3, 0.4) is 0 Å². The first-order valence-corrected chi connectivity index (χ1v) is 6.30. The molecule has 0 spiro atoms. The molecule has 0 heterocycles. The minimum Gasteiger partial charge on any atom is -0.317 e. The molecule has 2 nitrogen and oxygen atoms in total. The van der Waals surface area contributed by atoms with Crippen LogP contribution >= 0.6 is 15.9 Å². The van der Waals surface area contributed by atoms with Gasteiger partial charge in [0.2, 0.25) is 0 Å². The van der Waals surface area contributed by atoms with Crippen molar-refractivity contribution in [2.45, 2.75) is 6.92 Å². The highest BCUT2D eigenvalue weighted by Gasteiger charge is 2.15. The number of anilines is 1. The van der Waals surface area contributed by atoms with Crippen LogP contribution in [0.5, 0.6) is 0 Å². The van der Waals surface area contributed by atoms with Crippen molar-refractivity contribution < 1.29 is 13.6 Å². The Morgan fingerprint density at radius 1 is 1.11 bits per heavy atom. The molecule has 0 aliphatic carbocycles. The van der Waals surface area contributed by atoms with Gasteiger partial charge in [0.25, 0.3) is 5.91 Å². The highest BCUT2D eigenvalue weighted by molar-refractivity contribution is 9.10. The van der Waals surface area contributed by atoms with Crippen molar-refractivity contribution in [1.29, 1.82) is 0 Å². The molecule has 0 saturated carbocycles. The largest absolute Gasteiger partial charge is 0.317 e. The van der Waals surface area contributed by atoms with Crippen LogP contribution < -0.4 is 5.32 Å². The van der Waals surface area contributed by atoms with E-state index in [0.29, 0.717) is 11.1 Å². The average Bonchev–Trinajstić information content (AvgIpc) is 2.37. The second kappa shape index (κ2) is 5.48. The van der Waals surface area contributed by atoms with Gasteiger partial charge >= 0.3 is 0 Å². The molecule has 0 unspecified atom stereocenters. The summed E-state index contributed by atoms with van der Waals surface area (Å²) in [6, 6.07) is 8.48. The number of benzene rings is 2. The summed E-state index contributed by atoms with van der Waals surface area (Å²) in [6.45, 7) is 1.75. The minimum atomic E-state index is -0.805. The van der Waals surface area contributed by atoms with Crippen LogP contribution in [0.4, 0.5) is 14.5 Å². The summed E-state index contributed by atoms with van der Waals surface area (Å²) >= 11 is 3.30. The fourth-order valence-corrected chi connectivity index (χ4v) is 2.02. The van der Waals surface area contributed by atoms with Gasteiger partial charge in [-0.05, 0) is 36.8 Å². The molecule has 0 aliphatic rings. The van der Waals surface area contributed by atoms with E-state index < -0.39 is 23.2 Å². The van der Waals surface area contributed by atoms with Crippen molar-refractivity contribution in [3.05, 3.63) is 63.6 Å². The zero-order chi connectivity index (χ0) is 14.0. The molecule has 5 heteroatoms. The number of hydrogen-bond donors (Lipinski definition) is 1. The molecular formula is C14H10BrF2NO. The van der Waals surface area contributed by atoms with E-state index in [4.69, 9.17) is 0 Å². The standard InChI is InChI=1S/C14H10BrF2NO/c1-8-9(4-2-5-10(8)15)14(19)18-13-11(16)6-3-7-12(13)17/h2-7H,1H3,(H,18,19). The normalized spacial score (nSPS) is 10.3. The Labute approximate surface area is 117 Å². The molecule has 1 amide bonds. The first-order chi connectivity index (χ1) is 9.00. The third kappa shape index (κ3) is 2.81. The predicted octanol–water partition coefficient (Wildman–Crippen LogP) is 4.29. The lowest BCUT2D eigenvalue weighted by molar-refractivity contribution is 0.102. The van der Waals surface area contributed by atoms with Gasteiger partial charge in [0.1, 0.15) is 17.3 Å². The first-order valence-electron chi connectivity index (χ1n) is 5.51. The molecule has 0 radical (unpaired) electrons. The lowest BCUT2D eigenvalue weighted by atomic mass is 10.1. The second-order valence-corrected chi connectivity index (χ2v) is 4.82. The zero-order valence-corrected chi connectivity index (χ0v) is 11.6. The van der Waals surface area contributed by atoms with Crippen LogP contribution in [0.25, 0.3) is 0 Å². The predicted molar refractivity (Wildman–Crippen MR) is 73.2 cm³/mol. The topological polar surface area (TPSA) is 29.1 Å². The van der Waals surface area contributed by atoms with Crippen LogP contribution in [0, 0.1) is 18.6 Å². The Kier molecular flexibility index (Phi) is 3.95. The van der Waals surface area contributed by atoms with E-state index in [1.165, 1.54) is 6.07 Å². The molecule has 0 aromatic heterocycles. The van der Waals surface area contributed by atoms with Gasteiger partial charge in [0, 0.05) is 10.0 Å². The lowest BCUT2D eigenvalue weighted by Crippen LogP contribution is -2.15. The summed E-state index contributed by atoms with van der Waals surface area (Å²) in [4.78, 5) is 12.0. The zero-order valence-electron chi connectivity index (χ0n) is 10.0. The van der Waals surface area contributed by atoms with Crippen molar-refractivity contribution in [1.82, 2.24) is 0 Å². The second-order valence-electron chi connectivity index (χ2n) is 3.96. The summed E-state index contributed by atoms with van der Waals surface area (Å²) in [7, 11) is 0. The molecule has 0 saturated heterocycles. The number of amides is 1. The molecule has 2 aromatic carbocycles. The van der Waals surface area contributed by atoms with Crippen LogP contribution in [0.2, 0.25) is 0 Å². The summed E-state index contributed by atoms with van der Waals surface area (Å²) in [5.41, 5.74) is 0.626. The fraction of sp³-hybridized carbons (Fsp3) is 0.0714. The first kappa shape index (κ1) is 13.7. The van der Waals surface area contributed by atoms with Gasteiger partial charge in [0.05, 0.1) is 0 Å². The van der Waals surface area contributed by atoms with Crippen molar-refractivity contribution in [3.63, 3.8) is 0 Å². The van der Waals surface area contributed by atoms with Crippen molar-refractivity contribution >= 4 is 27.5 Å². The van der Waals surface area contributed by atoms with E-state index in [-0.39, 0.29) is 0 Å². The van der Waals surface area contributed by atoms with Gasteiger partial charge in [-0.3, -0.25) is 4.79 Å². The molecule has 0 bridgehead atoms. The van der Waals surface area contributed by atoms with E-state index in [9.17, 15) is 13.6 Å². The third-order valence-electron chi connectivity index (χ3n) is 2.71. The van der Waals surface area contributed by atoms with Gasteiger partial charge in [-0.25, -0.2) is 8.78 Å². The van der Waals surface area contributed by atoms with Crippen LogP contribution in [-0.4, -0.2) is 5.91 Å². The Morgan fingerprint density at radius 2 is 1.68 bits per heavy atom. The Balaban J connectivity index is 2.34. The number of carbonyl (C=O) groups is 1. The highest BCUT2D eigenvalue weighted by Crippen LogP contribution is 2.22. The molecule has 1 N–H and O–H groups in total. The van der Waals surface area contributed by atoms with Crippen molar-refractivity contribution in [3.8, 4) is 0 Å². The molecule has 2 aromatic rings. The van der Waals surface area contributed by atoms with E-state index in [2.05, 4.69) is 21.2 Å². The number of para-hydroxylation sites is 1. The minimum absolute atomic E-state index is 0.358. The van der Waals surface area contributed by atoms with Crippen LogP contribution in [0.15, 0.2) is 40.9 Å². The summed E-state index contributed by atoms with van der Waals surface area (Å²) in [5.74, 6) is -2.16. The smallest absolute Gasteiger partial charge is 0.256 e. The molecule has 0 fully saturated rings. The van der Waals surface area contributed by atoms with Crippen LogP contribution in [-0.2, 0) is 0 Å². The number of carbonyl (C=O) groups excluding carboxylic acids is 1. The maximum absolute atomic E-state index is 13.4.